The molecule has 88 valence electrons. The molecule has 3 nitrogen and oxygen atoms in total. The first-order valence-electron chi connectivity index (χ1n) is 5.45. The highest BCUT2D eigenvalue weighted by Gasteiger charge is 2.08. The Bertz CT molecular complexity index is 509. The summed E-state index contributed by atoms with van der Waals surface area (Å²) in [6.07, 6.45) is 1.70. The molecule has 0 aliphatic rings. The second-order valence-corrected chi connectivity index (χ2v) is 3.86. The quantitative estimate of drug-likeness (QED) is 0.807. The molecule has 0 fully saturated rings. The third kappa shape index (κ3) is 2.56. The zero-order valence-corrected chi connectivity index (χ0v) is 10.2. The highest BCUT2D eigenvalue weighted by atomic mass is 16.5. The number of ether oxygens (including phenoxy) is 2. The first-order valence-corrected chi connectivity index (χ1v) is 5.45. The lowest BCUT2D eigenvalue weighted by Crippen LogP contribution is -1.94. The summed E-state index contributed by atoms with van der Waals surface area (Å²) >= 11 is 0. The van der Waals surface area contributed by atoms with E-state index in [-0.39, 0.29) is 0 Å². The summed E-state index contributed by atoms with van der Waals surface area (Å²) in [5, 5.41) is 0. The number of nitrogens with zero attached hydrogens (tertiary/aromatic N) is 1. The van der Waals surface area contributed by atoms with Crippen molar-refractivity contribution in [2.24, 2.45) is 0 Å². The average Bonchev–Trinajstić information content (AvgIpc) is 2.35. The molecular formula is C14H15NO2. The van der Waals surface area contributed by atoms with E-state index in [1.165, 1.54) is 5.56 Å². The largest absolute Gasteiger partial charge is 0.493 e. The maximum atomic E-state index is 5.70. The van der Waals surface area contributed by atoms with Crippen LogP contribution in [0.4, 0.5) is 0 Å². The molecular weight excluding hydrogens is 214 g/mol. The molecule has 0 spiro atoms. The summed E-state index contributed by atoms with van der Waals surface area (Å²) in [6.45, 7) is 4.09. The average molecular weight is 229 g/mol. The standard InChI is InChI=1S/C14H15NO2/c1-10-8-12(16-3)13(9-11(10)2)17-14-6-4-5-7-15-14/h4-9H,1-3H3. The van der Waals surface area contributed by atoms with E-state index in [0.29, 0.717) is 11.6 Å². The van der Waals surface area contributed by atoms with Crippen LogP contribution in [0.25, 0.3) is 0 Å². The minimum atomic E-state index is 0.564. The lowest BCUT2D eigenvalue weighted by atomic mass is 10.1. The molecule has 0 aliphatic heterocycles. The normalized spacial score (nSPS) is 10.1. The van der Waals surface area contributed by atoms with E-state index in [0.717, 1.165) is 11.3 Å². The van der Waals surface area contributed by atoms with Crippen molar-refractivity contribution in [3.8, 4) is 17.4 Å². The number of pyridine rings is 1. The van der Waals surface area contributed by atoms with Gasteiger partial charge in [0.05, 0.1) is 7.11 Å². The van der Waals surface area contributed by atoms with Crippen molar-refractivity contribution in [1.82, 2.24) is 4.98 Å². The third-order valence-electron chi connectivity index (χ3n) is 2.63. The molecule has 0 aliphatic carbocycles. The van der Waals surface area contributed by atoms with Gasteiger partial charge in [-0.25, -0.2) is 4.98 Å². The van der Waals surface area contributed by atoms with Crippen molar-refractivity contribution in [2.75, 3.05) is 7.11 Å². The Hall–Kier alpha value is -2.03. The number of benzene rings is 1. The highest BCUT2D eigenvalue weighted by molar-refractivity contribution is 5.47. The lowest BCUT2D eigenvalue weighted by Gasteiger charge is -2.12. The van der Waals surface area contributed by atoms with E-state index in [4.69, 9.17) is 9.47 Å². The zero-order valence-electron chi connectivity index (χ0n) is 10.2. The molecule has 0 N–H and O–H groups in total. The molecule has 0 bridgehead atoms. The smallest absolute Gasteiger partial charge is 0.219 e. The highest BCUT2D eigenvalue weighted by Crippen LogP contribution is 2.33. The van der Waals surface area contributed by atoms with Crippen LogP contribution in [0.1, 0.15) is 11.1 Å². The van der Waals surface area contributed by atoms with Crippen LogP contribution in [-0.4, -0.2) is 12.1 Å². The summed E-state index contributed by atoms with van der Waals surface area (Å²) in [4.78, 5) is 4.12. The van der Waals surface area contributed by atoms with Crippen molar-refractivity contribution in [3.63, 3.8) is 0 Å². The van der Waals surface area contributed by atoms with E-state index < -0.39 is 0 Å². The van der Waals surface area contributed by atoms with Gasteiger partial charge in [0.2, 0.25) is 5.88 Å². The van der Waals surface area contributed by atoms with Crippen LogP contribution in [0.15, 0.2) is 36.5 Å². The molecule has 0 amide bonds. The molecule has 2 rings (SSSR count). The Morgan fingerprint density at radius 1 is 1.00 bits per heavy atom. The predicted octanol–water partition coefficient (Wildman–Crippen LogP) is 3.50. The van der Waals surface area contributed by atoms with Gasteiger partial charge in [-0.1, -0.05) is 6.07 Å². The van der Waals surface area contributed by atoms with Gasteiger partial charge in [-0.05, 0) is 43.2 Å². The molecule has 0 unspecified atom stereocenters. The van der Waals surface area contributed by atoms with Gasteiger partial charge in [-0.15, -0.1) is 0 Å². The van der Waals surface area contributed by atoms with Crippen molar-refractivity contribution < 1.29 is 9.47 Å². The molecule has 2 aromatic rings. The molecule has 1 aromatic carbocycles. The van der Waals surface area contributed by atoms with Crippen molar-refractivity contribution in [1.29, 1.82) is 0 Å². The van der Waals surface area contributed by atoms with E-state index in [1.807, 2.05) is 44.2 Å². The van der Waals surface area contributed by atoms with Crippen LogP contribution in [-0.2, 0) is 0 Å². The fourth-order valence-corrected chi connectivity index (χ4v) is 1.52. The Morgan fingerprint density at radius 3 is 2.29 bits per heavy atom. The molecule has 0 radical (unpaired) electrons. The first kappa shape index (κ1) is 11.5. The monoisotopic (exact) mass is 229 g/mol. The van der Waals surface area contributed by atoms with Crippen LogP contribution in [0.5, 0.6) is 17.4 Å². The van der Waals surface area contributed by atoms with E-state index in [9.17, 15) is 0 Å². The summed E-state index contributed by atoms with van der Waals surface area (Å²) in [5.41, 5.74) is 2.34. The van der Waals surface area contributed by atoms with Gasteiger partial charge in [-0.3, -0.25) is 0 Å². The number of methoxy groups -OCH3 is 1. The molecule has 17 heavy (non-hydrogen) atoms. The third-order valence-corrected chi connectivity index (χ3v) is 2.63. The molecule has 0 atom stereocenters. The van der Waals surface area contributed by atoms with Crippen molar-refractivity contribution >= 4 is 0 Å². The van der Waals surface area contributed by atoms with Gasteiger partial charge >= 0.3 is 0 Å². The molecule has 1 heterocycles. The molecule has 1 aromatic heterocycles. The summed E-state index contributed by atoms with van der Waals surface area (Å²) in [5.74, 6) is 1.97. The minimum absolute atomic E-state index is 0.564. The second kappa shape index (κ2) is 4.87. The maximum Gasteiger partial charge on any atom is 0.219 e. The number of aromatic nitrogens is 1. The maximum absolute atomic E-state index is 5.70. The fourth-order valence-electron chi connectivity index (χ4n) is 1.52. The van der Waals surface area contributed by atoms with E-state index >= 15 is 0 Å². The molecule has 0 saturated carbocycles. The van der Waals surface area contributed by atoms with E-state index in [1.54, 1.807) is 13.3 Å². The molecule has 0 saturated heterocycles. The van der Waals surface area contributed by atoms with Gasteiger partial charge in [0.1, 0.15) is 0 Å². The van der Waals surface area contributed by atoms with Crippen molar-refractivity contribution in [3.05, 3.63) is 47.7 Å². The van der Waals surface area contributed by atoms with Gasteiger partial charge in [0.25, 0.3) is 0 Å². The second-order valence-electron chi connectivity index (χ2n) is 3.86. The summed E-state index contributed by atoms with van der Waals surface area (Å²) in [7, 11) is 1.63. The predicted molar refractivity (Wildman–Crippen MR) is 66.8 cm³/mol. The summed E-state index contributed by atoms with van der Waals surface area (Å²) < 4.78 is 11.0. The van der Waals surface area contributed by atoms with Crippen LogP contribution in [0.3, 0.4) is 0 Å². The minimum Gasteiger partial charge on any atom is -0.493 e. The molecule has 3 heteroatoms. The van der Waals surface area contributed by atoms with Gasteiger partial charge in [-0.2, -0.15) is 0 Å². The number of aryl methyl sites for hydroxylation is 2. The van der Waals surface area contributed by atoms with Crippen LogP contribution in [0.2, 0.25) is 0 Å². The zero-order chi connectivity index (χ0) is 12.3. The SMILES string of the molecule is COc1cc(C)c(C)cc1Oc1ccccn1. The van der Waals surface area contributed by atoms with Crippen LogP contribution >= 0.6 is 0 Å². The van der Waals surface area contributed by atoms with Gasteiger partial charge in [0.15, 0.2) is 11.5 Å². The topological polar surface area (TPSA) is 31.4 Å². The van der Waals surface area contributed by atoms with Gasteiger partial charge in [0, 0.05) is 12.3 Å². The van der Waals surface area contributed by atoms with Gasteiger partial charge < -0.3 is 9.47 Å². The Balaban J connectivity index is 2.35. The van der Waals surface area contributed by atoms with Crippen LogP contribution in [0, 0.1) is 13.8 Å². The Morgan fingerprint density at radius 2 is 1.71 bits per heavy atom. The number of hydrogen-bond acceptors (Lipinski definition) is 3. The van der Waals surface area contributed by atoms with E-state index in [2.05, 4.69) is 4.98 Å². The fraction of sp³-hybridized carbons (Fsp3) is 0.214. The summed E-state index contributed by atoms with van der Waals surface area (Å²) in [6, 6.07) is 9.48. The Labute approximate surface area is 101 Å². The Kier molecular flexibility index (Phi) is 3.28. The number of rotatable bonds is 3. The van der Waals surface area contributed by atoms with Crippen LogP contribution < -0.4 is 9.47 Å². The lowest BCUT2D eigenvalue weighted by molar-refractivity contribution is 0.373. The number of hydrogen-bond donors (Lipinski definition) is 0. The first-order chi connectivity index (χ1) is 8.20. The van der Waals surface area contributed by atoms with Crippen molar-refractivity contribution in [2.45, 2.75) is 13.8 Å².